The lowest BCUT2D eigenvalue weighted by Gasteiger charge is -2.38. The summed E-state index contributed by atoms with van der Waals surface area (Å²) in [5, 5.41) is 25.3. The molecule has 0 radical (unpaired) electrons. The Bertz CT molecular complexity index is 1770. The summed E-state index contributed by atoms with van der Waals surface area (Å²) in [6.07, 6.45) is 2.77. The normalized spacial score (nSPS) is 20.6. The van der Waals surface area contributed by atoms with Gasteiger partial charge in [-0.3, -0.25) is 14.5 Å². The number of hydrogen-bond donors (Lipinski definition) is 5. The van der Waals surface area contributed by atoms with Crippen LogP contribution in [0.3, 0.4) is 0 Å². The van der Waals surface area contributed by atoms with Crippen LogP contribution in [0.25, 0.3) is 11.1 Å². The molecule has 2 heterocycles. The van der Waals surface area contributed by atoms with E-state index in [0.717, 1.165) is 59.3 Å². The van der Waals surface area contributed by atoms with Gasteiger partial charge in [-0.1, -0.05) is 72.8 Å². The Hall–Kier alpha value is -4.58. The maximum Gasteiger partial charge on any atom is 0.224 e. The van der Waals surface area contributed by atoms with E-state index in [4.69, 9.17) is 15.2 Å². The Morgan fingerprint density at radius 1 is 0.824 bits per heavy atom. The maximum atomic E-state index is 12.6. The highest BCUT2D eigenvalue weighted by Gasteiger charge is 2.35. The number of nitrogens with one attached hydrogen (secondary N) is 2. The number of anilines is 2. The van der Waals surface area contributed by atoms with E-state index in [1.54, 1.807) is 24.3 Å². The summed E-state index contributed by atoms with van der Waals surface area (Å²) >= 11 is 0. The van der Waals surface area contributed by atoms with Crippen LogP contribution < -0.4 is 16.4 Å². The van der Waals surface area contributed by atoms with E-state index in [2.05, 4.69) is 33.7 Å². The lowest BCUT2D eigenvalue weighted by molar-refractivity contribution is -0.253. The Labute approximate surface area is 299 Å². The van der Waals surface area contributed by atoms with E-state index in [1.165, 1.54) is 0 Å². The van der Waals surface area contributed by atoms with E-state index in [9.17, 15) is 19.8 Å². The minimum Gasteiger partial charge on any atom is -0.397 e. The van der Waals surface area contributed by atoms with Gasteiger partial charge in [-0.2, -0.15) is 0 Å². The Morgan fingerprint density at radius 2 is 1.59 bits per heavy atom. The van der Waals surface area contributed by atoms with Crippen LogP contribution in [0.4, 0.5) is 11.4 Å². The third kappa shape index (κ3) is 9.81. The second-order valence-corrected chi connectivity index (χ2v) is 13.4. The third-order valence-electron chi connectivity index (χ3n) is 9.71. The number of nitrogen functional groups attached to an aromatic ring is 1. The summed E-state index contributed by atoms with van der Waals surface area (Å²) in [4.78, 5) is 27.2. The van der Waals surface area contributed by atoms with Crippen molar-refractivity contribution in [1.29, 1.82) is 0 Å². The topological polar surface area (TPSA) is 146 Å². The molecule has 10 heteroatoms. The van der Waals surface area contributed by atoms with Crippen molar-refractivity contribution in [2.45, 2.75) is 76.2 Å². The van der Waals surface area contributed by atoms with Crippen LogP contribution in [0, 0.1) is 0 Å². The number of ether oxygens (including phenoxy) is 2. The number of benzene rings is 4. The largest absolute Gasteiger partial charge is 0.397 e. The van der Waals surface area contributed by atoms with E-state index in [-0.39, 0.29) is 56.1 Å². The van der Waals surface area contributed by atoms with Crippen molar-refractivity contribution in [3.8, 4) is 11.1 Å². The van der Waals surface area contributed by atoms with Crippen molar-refractivity contribution in [2.24, 2.45) is 0 Å². The summed E-state index contributed by atoms with van der Waals surface area (Å²) < 4.78 is 13.2. The second-order valence-electron chi connectivity index (χ2n) is 13.4. The first-order valence-electron chi connectivity index (χ1n) is 17.8. The molecule has 268 valence electrons. The fourth-order valence-corrected chi connectivity index (χ4v) is 6.88. The molecule has 51 heavy (non-hydrogen) atoms. The lowest BCUT2D eigenvalue weighted by atomic mass is 9.98. The summed E-state index contributed by atoms with van der Waals surface area (Å²) in [6, 6.07) is 31.4. The standard InChI is InChI=1S/C41H48N4O6/c42-36-12-1-2-13-37(36)44-40(49)15-5-14-39(48)43-24-29-7-3-8-31(21-29)32-9-4-10-33(22-32)41-50-35(25-45-20-6-11-34(45)27-47)23-38(51-41)30-18-16-28(26-46)17-19-30/h1-4,7-10,12-13,16-19,21-22,34-35,38,41,46-47H,5-6,11,14-15,20,23-27,42H2,(H,43,48)(H,44,49)/t34-,35+,38-,41-/m0/s1. The molecule has 0 aliphatic carbocycles. The number of nitrogens with two attached hydrogens (primary N) is 1. The molecule has 4 aromatic carbocycles. The van der Waals surface area contributed by atoms with Crippen molar-refractivity contribution in [1.82, 2.24) is 10.2 Å². The number of likely N-dealkylation sites (tertiary alicyclic amines) is 1. The average Bonchev–Trinajstić information content (AvgIpc) is 3.62. The van der Waals surface area contributed by atoms with E-state index in [1.807, 2.05) is 54.6 Å². The first-order valence-corrected chi connectivity index (χ1v) is 17.8. The van der Waals surface area contributed by atoms with Gasteiger partial charge >= 0.3 is 0 Å². The number of aliphatic hydroxyl groups is 2. The number of hydrogen-bond acceptors (Lipinski definition) is 8. The Kier molecular flexibility index (Phi) is 12.5. The van der Waals surface area contributed by atoms with Crippen LogP contribution in [0.2, 0.25) is 0 Å². The molecule has 6 rings (SSSR count). The van der Waals surface area contributed by atoms with Gasteiger partial charge in [0.25, 0.3) is 0 Å². The molecule has 0 bridgehead atoms. The number of amides is 2. The van der Waals surface area contributed by atoms with E-state index in [0.29, 0.717) is 30.8 Å². The minimum atomic E-state index is -0.587. The number of rotatable bonds is 14. The number of carbonyl (C=O) groups is 2. The predicted molar refractivity (Wildman–Crippen MR) is 197 cm³/mol. The van der Waals surface area contributed by atoms with Crippen molar-refractivity contribution >= 4 is 23.2 Å². The SMILES string of the molecule is Nc1ccccc1NC(=O)CCCC(=O)NCc1cccc(-c2cccc([C@H]3O[C@@H](CN4CCC[C@H]4CO)C[C@@H](c4ccc(CO)cc4)O3)c2)c1. The first-order chi connectivity index (χ1) is 24.9. The molecule has 0 unspecified atom stereocenters. The van der Waals surface area contributed by atoms with Gasteiger partial charge in [-0.25, -0.2) is 0 Å². The van der Waals surface area contributed by atoms with Crippen molar-refractivity contribution < 1.29 is 29.3 Å². The van der Waals surface area contributed by atoms with E-state index >= 15 is 0 Å². The van der Waals surface area contributed by atoms with Crippen LogP contribution in [0.1, 0.15) is 73.2 Å². The van der Waals surface area contributed by atoms with Gasteiger partial charge in [-0.05, 0) is 77.9 Å². The van der Waals surface area contributed by atoms with Gasteiger partial charge in [0.05, 0.1) is 36.8 Å². The molecule has 4 atom stereocenters. The lowest BCUT2D eigenvalue weighted by Crippen LogP contribution is -2.42. The molecule has 0 spiro atoms. The highest BCUT2D eigenvalue weighted by atomic mass is 16.7. The van der Waals surface area contributed by atoms with Crippen molar-refractivity contribution in [2.75, 3.05) is 30.7 Å². The second kappa shape index (κ2) is 17.6. The van der Waals surface area contributed by atoms with Crippen LogP contribution >= 0.6 is 0 Å². The zero-order chi connectivity index (χ0) is 35.6. The van der Waals surface area contributed by atoms with Crippen molar-refractivity contribution in [3.05, 3.63) is 119 Å². The van der Waals surface area contributed by atoms with Gasteiger partial charge in [0.15, 0.2) is 6.29 Å². The molecule has 2 amide bonds. The molecule has 2 fully saturated rings. The molecular weight excluding hydrogens is 644 g/mol. The van der Waals surface area contributed by atoms with Gasteiger partial charge in [0.2, 0.25) is 11.8 Å². The van der Waals surface area contributed by atoms with Gasteiger partial charge in [0, 0.05) is 44.0 Å². The summed E-state index contributed by atoms with van der Waals surface area (Å²) in [6.45, 7) is 2.18. The zero-order valence-electron chi connectivity index (χ0n) is 28.9. The average molecular weight is 693 g/mol. The monoisotopic (exact) mass is 692 g/mol. The molecule has 4 aromatic rings. The fraction of sp³-hybridized carbons (Fsp3) is 0.366. The summed E-state index contributed by atoms with van der Waals surface area (Å²) in [7, 11) is 0. The van der Waals surface area contributed by atoms with Gasteiger partial charge in [-0.15, -0.1) is 0 Å². The molecule has 2 aliphatic rings. The third-order valence-corrected chi connectivity index (χ3v) is 9.71. The smallest absolute Gasteiger partial charge is 0.224 e. The molecule has 2 saturated heterocycles. The molecular formula is C41H48N4O6. The van der Waals surface area contributed by atoms with Crippen LogP contribution in [-0.2, 0) is 32.2 Å². The minimum absolute atomic E-state index is 0.00968. The fourth-order valence-electron chi connectivity index (χ4n) is 6.88. The van der Waals surface area contributed by atoms with Gasteiger partial charge in [0.1, 0.15) is 0 Å². The molecule has 6 N–H and O–H groups in total. The van der Waals surface area contributed by atoms with Crippen molar-refractivity contribution in [3.63, 3.8) is 0 Å². The van der Waals surface area contributed by atoms with Gasteiger partial charge < -0.3 is 36.1 Å². The van der Waals surface area contributed by atoms with Crippen LogP contribution in [-0.4, -0.2) is 58.8 Å². The Morgan fingerprint density at radius 3 is 2.37 bits per heavy atom. The number of carbonyl (C=O) groups excluding carboxylic acids is 2. The molecule has 0 aromatic heterocycles. The summed E-state index contributed by atoms with van der Waals surface area (Å²) in [5.74, 6) is -0.292. The van der Waals surface area contributed by atoms with Crippen LogP contribution in [0.5, 0.6) is 0 Å². The zero-order valence-corrected chi connectivity index (χ0v) is 28.9. The molecule has 0 saturated carbocycles. The maximum absolute atomic E-state index is 12.6. The quantitative estimate of drug-likeness (QED) is 0.103. The van der Waals surface area contributed by atoms with E-state index < -0.39 is 6.29 Å². The highest BCUT2D eigenvalue weighted by Crippen LogP contribution is 2.39. The molecule has 10 nitrogen and oxygen atoms in total. The predicted octanol–water partition coefficient (Wildman–Crippen LogP) is 5.86. The Balaban J connectivity index is 1.08. The first kappa shape index (κ1) is 36.2. The number of para-hydroxylation sites is 2. The summed E-state index contributed by atoms with van der Waals surface area (Å²) in [5.41, 5.74) is 12.7. The highest BCUT2D eigenvalue weighted by molar-refractivity contribution is 5.94. The number of aliphatic hydroxyl groups excluding tert-OH is 2. The molecule has 2 aliphatic heterocycles. The number of nitrogens with zero attached hydrogens (tertiary/aromatic N) is 1. The van der Waals surface area contributed by atoms with Crippen LogP contribution in [0.15, 0.2) is 97.1 Å².